The largest absolute Gasteiger partial charge is 0.434 e. The molecule has 2 aromatic heterocycles. The van der Waals surface area contributed by atoms with Gasteiger partial charge in [-0.2, -0.15) is 13.2 Å². The van der Waals surface area contributed by atoms with Gasteiger partial charge in [-0.15, -0.1) is 0 Å². The topological polar surface area (TPSA) is 71.2 Å². The predicted octanol–water partition coefficient (Wildman–Crippen LogP) is 7.91. The zero-order valence-electron chi connectivity index (χ0n) is 23.4. The number of piperidine rings is 1. The van der Waals surface area contributed by atoms with Crippen molar-refractivity contribution < 1.29 is 13.2 Å². The average Bonchev–Trinajstić information content (AvgIpc) is 3.39. The molecule has 0 saturated carbocycles. The number of aliphatic imine (C=N–C) groups is 1. The Labute approximate surface area is 247 Å². The molecule has 0 amide bonds. The van der Waals surface area contributed by atoms with Gasteiger partial charge in [-0.25, -0.2) is 19.9 Å². The SMILES string of the molecule is C=Nc1nc(-c2ccccc2-c2ccccc2Cl)nc(NCC2CCN(c3nc(C(F)(F)F)cn3C)CC2)c1/C=C\C. The van der Waals surface area contributed by atoms with Crippen LogP contribution in [0.1, 0.15) is 31.0 Å². The van der Waals surface area contributed by atoms with Gasteiger partial charge in [-0.1, -0.05) is 66.2 Å². The van der Waals surface area contributed by atoms with E-state index >= 15 is 0 Å². The summed E-state index contributed by atoms with van der Waals surface area (Å²) in [7, 11) is 1.59. The second-order valence-corrected chi connectivity index (χ2v) is 10.6. The van der Waals surface area contributed by atoms with Crippen LogP contribution in [0.25, 0.3) is 28.6 Å². The van der Waals surface area contributed by atoms with Gasteiger partial charge in [-0.3, -0.25) is 0 Å². The lowest BCUT2D eigenvalue weighted by Gasteiger charge is -2.32. The highest BCUT2D eigenvalue weighted by molar-refractivity contribution is 6.33. The van der Waals surface area contributed by atoms with E-state index in [1.807, 2.05) is 72.5 Å². The maximum absolute atomic E-state index is 13.1. The monoisotopic (exact) mass is 593 g/mol. The summed E-state index contributed by atoms with van der Waals surface area (Å²) in [5.41, 5.74) is 2.45. The Bertz CT molecular complexity index is 1600. The Balaban J connectivity index is 1.38. The summed E-state index contributed by atoms with van der Waals surface area (Å²) in [4.78, 5) is 19.6. The number of aryl methyl sites for hydroxylation is 1. The van der Waals surface area contributed by atoms with Crippen LogP contribution in [0.5, 0.6) is 0 Å². The molecule has 5 rings (SSSR count). The van der Waals surface area contributed by atoms with Gasteiger partial charge in [0.1, 0.15) is 5.82 Å². The van der Waals surface area contributed by atoms with E-state index in [0.29, 0.717) is 48.1 Å². The summed E-state index contributed by atoms with van der Waals surface area (Å²) in [6.07, 6.45) is 1.95. The smallest absolute Gasteiger partial charge is 0.369 e. The van der Waals surface area contributed by atoms with Gasteiger partial charge in [0.2, 0.25) is 5.95 Å². The molecule has 42 heavy (non-hydrogen) atoms. The number of nitrogens with one attached hydrogen (secondary N) is 1. The fraction of sp³-hybridized carbons (Fsp3) is 0.290. The number of nitrogens with zero attached hydrogens (tertiary/aromatic N) is 6. The van der Waals surface area contributed by atoms with Crippen molar-refractivity contribution in [3.8, 4) is 22.5 Å². The van der Waals surface area contributed by atoms with Crippen LogP contribution >= 0.6 is 11.6 Å². The van der Waals surface area contributed by atoms with Crippen molar-refractivity contribution in [2.24, 2.45) is 18.0 Å². The van der Waals surface area contributed by atoms with E-state index in [0.717, 1.165) is 41.3 Å². The summed E-state index contributed by atoms with van der Waals surface area (Å²) in [5, 5.41) is 4.14. The molecule has 7 nitrogen and oxygen atoms in total. The van der Waals surface area contributed by atoms with Gasteiger partial charge < -0.3 is 14.8 Å². The molecule has 1 N–H and O–H groups in total. The van der Waals surface area contributed by atoms with Crippen LogP contribution in [-0.4, -0.2) is 45.9 Å². The van der Waals surface area contributed by atoms with Crippen LogP contribution in [0.2, 0.25) is 5.02 Å². The van der Waals surface area contributed by atoms with Crippen LogP contribution in [0, 0.1) is 5.92 Å². The number of benzene rings is 2. The highest BCUT2D eigenvalue weighted by atomic mass is 35.5. The fourth-order valence-corrected chi connectivity index (χ4v) is 5.45. The number of alkyl halides is 3. The Morgan fingerprint density at radius 3 is 2.31 bits per heavy atom. The predicted molar refractivity (Wildman–Crippen MR) is 163 cm³/mol. The van der Waals surface area contributed by atoms with Gasteiger partial charge >= 0.3 is 6.18 Å². The van der Waals surface area contributed by atoms with Gasteiger partial charge in [-0.05, 0) is 44.0 Å². The van der Waals surface area contributed by atoms with Crippen LogP contribution < -0.4 is 10.2 Å². The van der Waals surface area contributed by atoms with Gasteiger partial charge in [0.25, 0.3) is 0 Å². The molecular formula is C31H31ClF3N7. The van der Waals surface area contributed by atoms with E-state index in [1.165, 1.54) is 4.57 Å². The molecule has 0 radical (unpaired) electrons. The van der Waals surface area contributed by atoms with Crippen LogP contribution in [0.3, 0.4) is 0 Å². The van der Waals surface area contributed by atoms with Gasteiger partial charge in [0.05, 0.1) is 5.56 Å². The molecule has 0 unspecified atom stereocenters. The molecule has 0 atom stereocenters. The number of halogens is 4. The Hall–Kier alpha value is -4.18. The third-order valence-corrected chi connectivity index (χ3v) is 7.67. The minimum atomic E-state index is -4.47. The summed E-state index contributed by atoms with van der Waals surface area (Å²) < 4.78 is 40.9. The van der Waals surface area contributed by atoms with E-state index in [4.69, 9.17) is 21.6 Å². The van der Waals surface area contributed by atoms with Gasteiger partial charge in [0.15, 0.2) is 17.3 Å². The lowest BCUT2D eigenvalue weighted by atomic mass is 9.97. The zero-order chi connectivity index (χ0) is 29.9. The minimum Gasteiger partial charge on any atom is -0.369 e. The van der Waals surface area contributed by atoms with Crippen LogP contribution in [0.15, 0.2) is 65.8 Å². The number of rotatable bonds is 8. The first-order valence-electron chi connectivity index (χ1n) is 13.6. The molecule has 1 aliphatic rings. The molecule has 0 bridgehead atoms. The summed E-state index contributed by atoms with van der Waals surface area (Å²) in [6, 6.07) is 15.5. The van der Waals surface area contributed by atoms with Crippen molar-refractivity contribution in [3.05, 3.63) is 77.1 Å². The number of hydrogen-bond acceptors (Lipinski definition) is 6. The van der Waals surface area contributed by atoms with Crippen molar-refractivity contribution in [2.75, 3.05) is 29.9 Å². The maximum atomic E-state index is 13.1. The molecule has 0 spiro atoms. The molecule has 218 valence electrons. The van der Waals surface area contributed by atoms with Crippen molar-refractivity contribution in [2.45, 2.75) is 25.9 Å². The number of imidazole rings is 1. The van der Waals surface area contributed by atoms with Crippen LogP contribution in [-0.2, 0) is 13.2 Å². The minimum absolute atomic E-state index is 0.288. The number of aromatic nitrogens is 4. The first-order valence-corrected chi connectivity index (χ1v) is 14.0. The van der Waals surface area contributed by atoms with Crippen LogP contribution in [0.4, 0.5) is 30.8 Å². The normalized spacial score (nSPS) is 14.5. The third kappa shape index (κ3) is 6.18. The van der Waals surface area contributed by atoms with Gasteiger partial charge in [0, 0.05) is 49.0 Å². The van der Waals surface area contributed by atoms with E-state index < -0.39 is 11.9 Å². The molecule has 11 heteroatoms. The molecule has 1 aliphatic heterocycles. The number of allylic oxidation sites excluding steroid dienone is 1. The first-order chi connectivity index (χ1) is 20.2. The van der Waals surface area contributed by atoms with Crippen molar-refractivity contribution in [3.63, 3.8) is 0 Å². The summed E-state index contributed by atoms with van der Waals surface area (Å²) in [5.74, 6) is 2.21. The lowest BCUT2D eigenvalue weighted by Crippen LogP contribution is -2.37. The fourth-order valence-electron chi connectivity index (χ4n) is 5.21. The standard InChI is InChI=1S/C31H31ClF3N7/c1-4-9-24-27(36-2)39-29(23-12-6-5-10-21(23)22-11-7-8-13-25(22)32)40-28(24)37-18-20-14-16-42(17-15-20)30-38-26(19-41(30)3)31(33,34)35/h4-13,19-20H,2,14-18H2,1,3H3,(H,37,39,40)/b9-4-. The summed E-state index contributed by atoms with van der Waals surface area (Å²) >= 11 is 6.54. The van der Waals surface area contributed by atoms with Crippen molar-refractivity contribution in [1.82, 2.24) is 19.5 Å². The quantitative estimate of drug-likeness (QED) is 0.210. The number of hydrogen-bond donors (Lipinski definition) is 1. The first kappa shape index (κ1) is 29.3. The molecule has 2 aromatic carbocycles. The highest BCUT2D eigenvalue weighted by Crippen LogP contribution is 2.37. The van der Waals surface area contributed by atoms with Crippen molar-refractivity contribution in [1.29, 1.82) is 0 Å². The molecule has 0 aliphatic carbocycles. The molecular weight excluding hydrogens is 563 g/mol. The average molecular weight is 594 g/mol. The summed E-state index contributed by atoms with van der Waals surface area (Å²) in [6.45, 7) is 7.51. The Morgan fingerprint density at radius 2 is 1.69 bits per heavy atom. The second-order valence-electron chi connectivity index (χ2n) is 10.2. The lowest BCUT2D eigenvalue weighted by molar-refractivity contribution is -0.140. The third-order valence-electron chi connectivity index (χ3n) is 7.34. The zero-order valence-corrected chi connectivity index (χ0v) is 24.1. The van der Waals surface area contributed by atoms with E-state index in [-0.39, 0.29) is 5.92 Å². The second kappa shape index (κ2) is 12.4. The Kier molecular flexibility index (Phi) is 8.63. The van der Waals surface area contributed by atoms with Crippen molar-refractivity contribution >= 4 is 42.0 Å². The molecule has 1 fully saturated rings. The highest BCUT2D eigenvalue weighted by Gasteiger charge is 2.35. The molecule has 3 heterocycles. The Morgan fingerprint density at radius 1 is 1.02 bits per heavy atom. The maximum Gasteiger partial charge on any atom is 0.434 e. The van der Waals surface area contributed by atoms with E-state index in [1.54, 1.807) is 7.05 Å². The molecule has 1 saturated heterocycles. The van der Waals surface area contributed by atoms with E-state index in [9.17, 15) is 13.2 Å². The molecule has 4 aromatic rings. The number of anilines is 2. The van der Waals surface area contributed by atoms with E-state index in [2.05, 4.69) is 22.0 Å².